The van der Waals surface area contributed by atoms with Crippen LogP contribution in [0.1, 0.15) is 71.8 Å². The lowest BCUT2D eigenvalue weighted by Crippen LogP contribution is -2.40. The number of ether oxygens (including phenoxy) is 1. The molecule has 1 saturated heterocycles. The number of aromatic amines is 1. The molecule has 9 heteroatoms. The molecule has 0 aliphatic carbocycles. The number of H-pyrrole nitrogens is 1. The van der Waals surface area contributed by atoms with Gasteiger partial charge in [-0.25, -0.2) is 4.98 Å². The molecule has 0 radical (unpaired) electrons. The SMILES string of the molecule is Cc1ccc(OCC(=O)N2CCC(c3nc(C(=O)Nc4cc(C(C)(C)C)[nH]n4)cs3)CC2)cc1C. The minimum atomic E-state index is -0.268. The third-order valence-corrected chi connectivity index (χ3v) is 7.43. The van der Waals surface area contributed by atoms with Crippen LogP contribution in [0.5, 0.6) is 5.75 Å². The van der Waals surface area contributed by atoms with Crippen molar-refractivity contribution in [2.75, 3.05) is 25.0 Å². The minimum Gasteiger partial charge on any atom is -0.484 e. The summed E-state index contributed by atoms with van der Waals surface area (Å²) >= 11 is 1.50. The molecular weight excluding hydrogens is 462 g/mol. The van der Waals surface area contributed by atoms with Crippen LogP contribution in [0.15, 0.2) is 29.6 Å². The molecule has 4 rings (SSSR count). The normalized spacial score (nSPS) is 14.7. The van der Waals surface area contributed by atoms with Crippen LogP contribution in [0.3, 0.4) is 0 Å². The molecule has 186 valence electrons. The average molecular weight is 496 g/mol. The zero-order valence-corrected chi connectivity index (χ0v) is 21.8. The van der Waals surface area contributed by atoms with E-state index in [-0.39, 0.29) is 29.8 Å². The summed E-state index contributed by atoms with van der Waals surface area (Å²) in [4.78, 5) is 31.7. The van der Waals surface area contributed by atoms with Crippen LogP contribution in [0.25, 0.3) is 0 Å². The van der Waals surface area contributed by atoms with Crippen LogP contribution in [0, 0.1) is 13.8 Å². The Hall–Kier alpha value is -3.20. The van der Waals surface area contributed by atoms with Crippen molar-refractivity contribution in [3.8, 4) is 5.75 Å². The van der Waals surface area contributed by atoms with E-state index in [9.17, 15) is 9.59 Å². The van der Waals surface area contributed by atoms with E-state index < -0.39 is 0 Å². The molecule has 0 atom stereocenters. The second-order valence-corrected chi connectivity index (χ2v) is 11.0. The van der Waals surface area contributed by atoms with Crippen molar-refractivity contribution in [2.45, 2.75) is 58.8 Å². The largest absolute Gasteiger partial charge is 0.484 e. The van der Waals surface area contributed by atoms with Crippen molar-refractivity contribution >= 4 is 29.0 Å². The van der Waals surface area contributed by atoms with Gasteiger partial charge in [-0.3, -0.25) is 14.7 Å². The minimum absolute atomic E-state index is 0.00508. The Balaban J connectivity index is 1.27. The summed E-state index contributed by atoms with van der Waals surface area (Å²) in [7, 11) is 0. The topological polar surface area (TPSA) is 100 Å². The van der Waals surface area contributed by atoms with E-state index in [2.05, 4.69) is 41.3 Å². The van der Waals surface area contributed by atoms with Crippen LogP contribution in [-0.4, -0.2) is 51.6 Å². The van der Waals surface area contributed by atoms with E-state index in [0.717, 1.165) is 34.9 Å². The lowest BCUT2D eigenvalue weighted by molar-refractivity contribution is -0.134. The first-order chi connectivity index (χ1) is 16.6. The zero-order valence-electron chi connectivity index (χ0n) is 21.0. The average Bonchev–Trinajstić information content (AvgIpc) is 3.50. The molecule has 2 aromatic heterocycles. The quantitative estimate of drug-likeness (QED) is 0.511. The molecule has 0 saturated carbocycles. The van der Waals surface area contributed by atoms with Gasteiger partial charge in [0.25, 0.3) is 11.8 Å². The van der Waals surface area contributed by atoms with Gasteiger partial charge in [0.15, 0.2) is 12.4 Å². The summed E-state index contributed by atoms with van der Waals surface area (Å²) in [6.45, 7) is 11.7. The first-order valence-electron chi connectivity index (χ1n) is 11.9. The molecule has 1 aliphatic heterocycles. The second kappa shape index (κ2) is 10.2. The number of amides is 2. The van der Waals surface area contributed by atoms with Crippen molar-refractivity contribution in [1.82, 2.24) is 20.1 Å². The summed E-state index contributed by atoms with van der Waals surface area (Å²) in [6.07, 6.45) is 1.64. The first kappa shape index (κ1) is 24.9. The van der Waals surface area contributed by atoms with Gasteiger partial charge >= 0.3 is 0 Å². The highest BCUT2D eigenvalue weighted by Crippen LogP contribution is 2.31. The van der Waals surface area contributed by atoms with E-state index >= 15 is 0 Å². The van der Waals surface area contributed by atoms with Gasteiger partial charge in [0.2, 0.25) is 0 Å². The number of likely N-dealkylation sites (tertiary alicyclic amines) is 1. The lowest BCUT2D eigenvalue weighted by atomic mass is 9.92. The number of benzene rings is 1. The third-order valence-electron chi connectivity index (χ3n) is 6.42. The number of nitrogens with zero attached hydrogens (tertiary/aromatic N) is 3. The van der Waals surface area contributed by atoms with Crippen molar-refractivity contribution < 1.29 is 14.3 Å². The number of rotatable bonds is 6. The molecule has 0 bridgehead atoms. The van der Waals surface area contributed by atoms with Crippen molar-refractivity contribution in [2.24, 2.45) is 0 Å². The fraction of sp³-hybridized carbons (Fsp3) is 0.462. The number of piperidine rings is 1. The van der Waals surface area contributed by atoms with Crippen molar-refractivity contribution in [3.63, 3.8) is 0 Å². The molecule has 3 heterocycles. The Morgan fingerprint density at radius 1 is 1.17 bits per heavy atom. The Labute approximate surface area is 210 Å². The van der Waals surface area contributed by atoms with E-state index in [1.807, 2.05) is 43.0 Å². The van der Waals surface area contributed by atoms with Gasteiger partial charge in [-0.1, -0.05) is 26.8 Å². The van der Waals surface area contributed by atoms with Crippen molar-refractivity contribution in [1.29, 1.82) is 0 Å². The molecule has 35 heavy (non-hydrogen) atoms. The summed E-state index contributed by atoms with van der Waals surface area (Å²) in [5.41, 5.74) is 3.61. The standard InChI is InChI=1S/C26H33N5O3S/c1-16-6-7-19(12-17(16)2)34-14-23(32)31-10-8-18(9-11-31)25-27-20(15-35-25)24(33)28-22-13-21(29-30-22)26(3,4)5/h6-7,12-13,15,18H,8-11,14H2,1-5H3,(H2,28,29,30,33). The molecule has 1 fully saturated rings. The highest BCUT2D eigenvalue weighted by molar-refractivity contribution is 7.10. The highest BCUT2D eigenvalue weighted by Gasteiger charge is 2.27. The van der Waals surface area contributed by atoms with Gasteiger partial charge in [-0.15, -0.1) is 11.3 Å². The van der Waals surface area contributed by atoms with E-state index in [1.165, 1.54) is 16.9 Å². The van der Waals surface area contributed by atoms with Crippen LogP contribution in [0.4, 0.5) is 5.82 Å². The lowest BCUT2D eigenvalue weighted by Gasteiger charge is -2.31. The number of thiazole rings is 1. The van der Waals surface area contributed by atoms with Crippen molar-refractivity contribution in [3.05, 3.63) is 57.2 Å². The second-order valence-electron chi connectivity index (χ2n) is 10.1. The smallest absolute Gasteiger partial charge is 0.276 e. The van der Waals surface area contributed by atoms with Gasteiger partial charge in [0, 0.05) is 41.6 Å². The molecule has 1 aromatic carbocycles. The highest BCUT2D eigenvalue weighted by atomic mass is 32.1. The zero-order chi connectivity index (χ0) is 25.2. The Kier molecular flexibility index (Phi) is 7.25. The fourth-order valence-corrected chi connectivity index (χ4v) is 4.92. The maximum atomic E-state index is 12.7. The number of aryl methyl sites for hydroxylation is 2. The molecule has 8 nitrogen and oxygen atoms in total. The van der Waals surface area contributed by atoms with E-state index in [0.29, 0.717) is 24.6 Å². The van der Waals surface area contributed by atoms with Gasteiger partial charge in [0.1, 0.15) is 11.4 Å². The number of anilines is 1. The van der Waals surface area contributed by atoms with Crippen LogP contribution < -0.4 is 10.1 Å². The number of carbonyl (C=O) groups excluding carboxylic acids is 2. The van der Waals surface area contributed by atoms with Gasteiger partial charge < -0.3 is 15.0 Å². The summed E-state index contributed by atoms with van der Waals surface area (Å²) in [5, 5.41) is 12.7. The third kappa shape index (κ3) is 6.08. The first-order valence-corrected chi connectivity index (χ1v) is 12.8. The Morgan fingerprint density at radius 3 is 2.57 bits per heavy atom. The summed E-state index contributed by atoms with van der Waals surface area (Å²) in [6, 6.07) is 7.71. The Bertz CT molecular complexity index is 1200. The van der Waals surface area contributed by atoms with Crippen LogP contribution >= 0.6 is 11.3 Å². The summed E-state index contributed by atoms with van der Waals surface area (Å²) < 4.78 is 5.71. The maximum Gasteiger partial charge on any atom is 0.276 e. The number of aromatic nitrogens is 3. The van der Waals surface area contributed by atoms with E-state index in [1.54, 1.807) is 5.38 Å². The number of hydrogen-bond donors (Lipinski definition) is 2. The van der Waals surface area contributed by atoms with Gasteiger partial charge in [0.05, 0.1) is 5.01 Å². The van der Waals surface area contributed by atoms with Crippen LogP contribution in [0.2, 0.25) is 0 Å². The van der Waals surface area contributed by atoms with E-state index in [4.69, 9.17) is 4.74 Å². The number of nitrogens with one attached hydrogen (secondary N) is 2. The van der Waals surface area contributed by atoms with Gasteiger partial charge in [-0.2, -0.15) is 5.10 Å². The Morgan fingerprint density at radius 2 is 1.91 bits per heavy atom. The van der Waals surface area contributed by atoms with Crippen LogP contribution in [-0.2, 0) is 10.2 Å². The molecule has 1 aliphatic rings. The maximum absolute atomic E-state index is 12.7. The number of hydrogen-bond acceptors (Lipinski definition) is 6. The molecule has 0 spiro atoms. The predicted octanol–water partition coefficient (Wildman–Crippen LogP) is 4.82. The summed E-state index contributed by atoms with van der Waals surface area (Å²) in [5.74, 6) is 1.17. The predicted molar refractivity (Wildman–Crippen MR) is 137 cm³/mol. The molecule has 2 N–H and O–H groups in total. The monoisotopic (exact) mass is 495 g/mol. The molecule has 0 unspecified atom stereocenters. The fourth-order valence-electron chi connectivity index (χ4n) is 3.95. The molecule has 2 amide bonds. The molecular formula is C26H33N5O3S. The number of carbonyl (C=O) groups is 2. The van der Waals surface area contributed by atoms with Gasteiger partial charge in [-0.05, 0) is 49.9 Å². The molecule has 3 aromatic rings.